The van der Waals surface area contributed by atoms with E-state index in [-0.39, 0.29) is 11.8 Å². The lowest BCUT2D eigenvalue weighted by Gasteiger charge is -2.18. The van der Waals surface area contributed by atoms with Gasteiger partial charge in [0, 0.05) is 19.4 Å². The lowest BCUT2D eigenvalue weighted by molar-refractivity contribution is -0.144. The maximum atomic E-state index is 12.1. The van der Waals surface area contributed by atoms with E-state index in [0.717, 1.165) is 32.1 Å². The molecule has 1 fully saturated rings. The first kappa shape index (κ1) is 21.7. The third-order valence-electron chi connectivity index (χ3n) is 4.79. The first-order chi connectivity index (χ1) is 11.4. The second-order valence-corrected chi connectivity index (χ2v) is 14.8. The monoisotopic (exact) mass is 373 g/mol. The Morgan fingerprint density at radius 2 is 1.54 bits per heavy atom. The summed E-state index contributed by atoms with van der Waals surface area (Å²) >= 11 is 6.32. The van der Waals surface area contributed by atoms with Gasteiger partial charge in [-0.15, -0.1) is 0 Å². The summed E-state index contributed by atoms with van der Waals surface area (Å²) in [4.78, 5) is 25.5. The van der Waals surface area contributed by atoms with Crippen LogP contribution in [0.3, 0.4) is 0 Å². The van der Waals surface area contributed by atoms with Crippen molar-refractivity contribution in [3.63, 3.8) is 0 Å². The summed E-state index contributed by atoms with van der Waals surface area (Å²) in [6.07, 6.45) is 13.8. The summed E-state index contributed by atoms with van der Waals surface area (Å²) in [5, 5.41) is 0. The molecule has 0 N–H and O–H groups in total. The van der Waals surface area contributed by atoms with Crippen LogP contribution in [0.15, 0.2) is 0 Å². The predicted molar refractivity (Wildman–Crippen MR) is 105 cm³/mol. The molecule has 0 aliphatic carbocycles. The van der Waals surface area contributed by atoms with Crippen molar-refractivity contribution in [2.75, 3.05) is 6.54 Å². The van der Waals surface area contributed by atoms with Crippen molar-refractivity contribution in [1.82, 2.24) is 4.90 Å². The summed E-state index contributed by atoms with van der Waals surface area (Å²) in [7, 11) is -1.36. The van der Waals surface area contributed by atoms with Crippen LogP contribution in [-0.4, -0.2) is 30.6 Å². The molecule has 0 aromatic rings. The van der Waals surface area contributed by atoms with Gasteiger partial charge < -0.3 is 0 Å². The number of rotatable bonds is 11. The number of carbonyl (C=O) groups excluding carboxylic acids is 2. The lowest BCUT2D eigenvalue weighted by atomic mass is 10.1. The summed E-state index contributed by atoms with van der Waals surface area (Å²) in [5.74, 6) is 0.0930. The minimum Gasteiger partial charge on any atom is -0.283 e. The quantitative estimate of drug-likeness (QED) is 0.258. The Kier molecular flexibility index (Phi) is 10.9. The minimum absolute atomic E-state index is 0.0423. The van der Waals surface area contributed by atoms with Crippen LogP contribution >= 0.6 is 11.1 Å². The van der Waals surface area contributed by atoms with Crippen molar-refractivity contribution in [3.05, 3.63) is 0 Å². The normalized spacial score (nSPS) is 16.3. The molecule has 0 spiro atoms. The third kappa shape index (κ3) is 10.5. The zero-order valence-corrected chi connectivity index (χ0v) is 17.5. The largest absolute Gasteiger partial charge is 0.283 e. The van der Waals surface area contributed by atoms with Crippen LogP contribution in [0.2, 0.25) is 19.1 Å². The molecule has 1 rings (SSSR count). The highest BCUT2D eigenvalue weighted by Crippen LogP contribution is 2.19. The second kappa shape index (κ2) is 12.1. The highest BCUT2D eigenvalue weighted by molar-refractivity contribution is 7.19. The molecule has 0 unspecified atom stereocenters. The molecule has 3 nitrogen and oxygen atoms in total. The number of nitrogens with zero attached hydrogens (tertiary/aromatic N) is 1. The number of hydrogen-bond donors (Lipinski definition) is 0. The molecule has 1 heterocycles. The molecule has 0 saturated carbocycles. The Labute approximate surface area is 154 Å². The van der Waals surface area contributed by atoms with E-state index < -0.39 is 7.38 Å². The lowest BCUT2D eigenvalue weighted by Crippen LogP contribution is -2.36. The van der Waals surface area contributed by atoms with Crippen LogP contribution < -0.4 is 0 Å². The Morgan fingerprint density at radius 3 is 2.17 bits per heavy atom. The Hall–Kier alpha value is -0.353. The van der Waals surface area contributed by atoms with Crippen molar-refractivity contribution in [3.8, 4) is 0 Å². The van der Waals surface area contributed by atoms with Gasteiger partial charge in [-0.05, 0) is 25.3 Å². The molecule has 5 heteroatoms. The molecule has 0 atom stereocenters. The van der Waals surface area contributed by atoms with E-state index in [0.29, 0.717) is 19.4 Å². The number of halogens is 1. The average Bonchev–Trinajstić information content (AvgIpc) is 2.72. The molecule has 1 aliphatic heterocycles. The highest BCUT2D eigenvalue weighted by Gasteiger charge is 2.22. The molecular weight excluding hydrogens is 338 g/mol. The highest BCUT2D eigenvalue weighted by atomic mass is 35.6. The van der Waals surface area contributed by atoms with E-state index in [2.05, 4.69) is 13.1 Å². The summed E-state index contributed by atoms with van der Waals surface area (Å²) in [6, 6.07) is 1.23. The Morgan fingerprint density at radius 1 is 0.958 bits per heavy atom. The zero-order chi connectivity index (χ0) is 17.8. The van der Waals surface area contributed by atoms with Crippen molar-refractivity contribution in [2.45, 2.75) is 103 Å². The Balaban J connectivity index is 1.96. The second-order valence-electron chi connectivity index (χ2n) is 7.80. The van der Waals surface area contributed by atoms with Gasteiger partial charge >= 0.3 is 0 Å². The van der Waals surface area contributed by atoms with Gasteiger partial charge in [-0.1, -0.05) is 64.5 Å². The first-order valence-corrected chi connectivity index (χ1v) is 14.1. The molecular formula is C19H36ClNO2Si. The van der Waals surface area contributed by atoms with Crippen molar-refractivity contribution >= 4 is 30.3 Å². The van der Waals surface area contributed by atoms with Gasteiger partial charge in [0.25, 0.3) is 0 Å². The van der Waals surface area contributed by atoms with Crippen LogP contribution in [0, 0.1) is 0 Å². The smallest absolute Gasteiger partial charge is 0.229 e. The number of likely N-dealkylation sites (tertiary alicyclic amines) is 1. The van der Waals surface area contributed by atoms with Crippen LogP contribution in [0.25, 0.3) is 0 Å². The van der Waals surface area contributed by atoms with Gasteiger partial charge in [-0.3, -0.25) is 14.5 Å². The molecule has 24 heavy (non-hydrogen) atoms. The summed E-state index contributed by atoms with van der Waals surface area (Å²) in [5.41, 5.74) is 0. The van der Waals surface area contributed by atoms with E-state index in [1.165, 1.54) is 49.5 Å². The molecule has 0 aromatic carbocycles. The first-order valence-electron chi connectivity index (χ1n) is 9.92. The van der Waals surface area contributed by atoms with E-state index in [1.807, 2.05) is 0 Å². The van der Waals surface area contributed by atoms with Gasteiger partial charge in [0.15, 0.2) is 0 Å². The molecule has 1 saturated heterocycles. The molecule has 140 valence electrons. The van der Waals surface area contributed by atoms with E-state index >= 15 is 0 Å². The summed E-state index contributed by atoms with van der Waals surface area (Å²) < 4.78 is 0. The van der Waals surface area contributed by atoms with Gasteiger partial charge in [0.05, 0.1) is 0 Å². The topological polar surface area (TPSA) is 37.4 Å². The SMILES string of the molecule is C[Si](C)(Cl)CCCCCCCCCCC(=O)N1CCCCCC1=O. The molecule has 1 aliphatic rings. The van der Waals surface area contributed by atoms with Crippen molar-refractivity contribution in [1.29, 1.82) is 0 Å². The molecule has 0 radical (unpaired) electrons. The number of hydrogen-bond acceptors (Lipinski definition) is 2. The number of carbonyl (C=O) groups is 2. The minimum atomic E-state index is -1.36. The zero-order valence-electron chi connectivity index (χ0n) is 15.7. The fourth-order valence-electron chi connectivity index (χ4n) is 3.26. The van der Waals surface area contributed by atoms with Gasteiger partial charge in [0.2, 0.25) is 11.8 Å². The van der Waals surface area contributed by atoms with Crippen LogP contribution in [0.5, 0.6) is 0 Å². The van der Waals surface area contributed by atoms with E-state index in [1.54, 1.807) is 0 Å². The fourth-order valence-corrected chi connectivity index (χ4v) is 4.76. The van der Waals surface area contributed by atoms with Gasteiger partial charge in [0.1, 0.15) is 7.38 Å². The third-order valence-corrected chi connectivity index (χ3v) is 6.90. The van der Waals surface area contributed by atoms with Crippen molar-refractivity contribution in [2.24, 2.45) is 0 Å². The van der Waals surface area contributed by atoms with E-state index in [9.17, 15) is 9.59 Å². The van der Waals surface area contributed by atoms with Crippen LogP contribution in [0.4, 0.5) is 0 Å². The number of amides is 2. The standard InChI is InChI=1S/C19H36ClNO2Si/c1-24(2,20)17-13-8-6-4-3-5-7-10-14-18(22)21-16-12-9-11-15-19(21)23/h3-17H2,1-2H3. The average molecular weight is 374 g/mol. The van der Waals surface area contributed by atoms with Gasteiger partial charge in [-0.25, -0.2) is 0 Å². The molecule has 0 aromatic heterocycles. The van der Waals surface area contributed by atoms with Gasteiger partial charge in [-0.2, -0.15) is 11.1 Å². The number of imide groups is 1. The predicted octanol–water partition coefficient (Wildman–Crippen LogP) is 5.87. The molecule has 0 bridgehead atoms. The summed E-state index contributed by atoms with van der Waals surface area (Å²) in [6.45, 7) is 5.07. The molecule has 2 amide bonds. The van der Waals surface area contributed by atoms with Crippen molar-refractivity contribution < 1.29 is 9.59 Å². The fraction of sp³-hybridized carbons (Fsp3) is 0.895. The maximum absolute atomic E-state index is 12.1. The van der Waals surface area contributed by atoms with E-state index in [4.69, 9.17) is 11.1 Å². The Bertz CT molecular complexity index is 382. The number of unbranched alkanes of at least 4 members (excludes halogenated alkanes) is 7. The van der Waals surface area contributed by atoms with Crippen LogP contribution in [0.1, 0.15) is 83.5 Å². The maximum Gasteiger partial charge on any atom is 0.229 e. The van der Waals surface area contributed by atoms with Crippen LogP contribution in [-0.2, 0) is 9.59 Å².